The summed E-state index contributed by atoms with van der Waals surface area (Å²) < 4.78 is 1.76. The number of halogens is 2. The Morgan fingerprint density at radius 1 is 1.04 bits per heavy atom. The quantitative estimate of drug-likeness (QED) is 0.535. The molecule has 0 aliphatic carbocycles. The summed E-state index contributed by atoms with van der Waals surface area (Å²) in [5.41, 5.74) is 1.27. The zero-order valence-corrected chi connectivity index (χ0v) is 17.1. The lowest BCUT2D eigenvalue weighted by atomic mass is 10.1. The van der Waals surface area contributed by atoms with Crippen LogP contribution in [0.15, 0.2) is 56.4 Å². The van der Waals surface area contributed by atoms with E-state index in [0.717, 1.165) is 14.6 Å². The molecule has 2 rings (SSSR count). The Kier molecular flexibility index (Phi) is 8.00. The first-order valence-corrected chi connectivity index (χ1v) is 9.58. The second-order valence-electron chi connectivity index (χ2n) is 5.62. The molecule has 1 amide bonds. The van der Waals surface area contributed by atoms with E-state index >= 15 is 0 Å². The molecule has 0 saturated heterocycles. The minimum atomic E-state index is -0.123. The number of carbonyl (C=O) groups excluding carboxylic acids is 2. The largest absolute Gasteiger partial charge is 0.507 e. The Bertz CT molecular complexity index is 805. The monoisotopic (exact) mass is 480 g/mol. The highest BCUT2D eigenvalue weighted by molar-refractivity contribution is 9.10. The van der Waals surface area contributed by atoms with Crippen LogP contribution in [0.3, 0.4) is 0 Å². The number of anilines is 1. The second-order valence-corrected chi connectivity index (χ2v) is 7.45. The Labute approximate surface area is 168 Å². The van der Waals surface area contributed by atoms with E-state index in [1.807, 2.05) is 12.1 Å². The van der Waals surface area contributed by atoms with Gasteiger partial charge < -0.3 is 10.4 Å². The molecule has 26 heavy (non-hydrogen) atoms. The Hall–Kier alpha value is -1.99. The molecular formula is C19H18Br2N2O3. The van der Waals surface area contributed by atoms with Crippen LogP contribution in [0.25, 0.3) is 0 Å². The summed E-state index contributed by atoms with van der Waals surface area (Å²) in [7, 11) is 0. The number of phenols is 1. The number of Topliss-reactive ketones (excluding diaryl/α,β-unsaturated/α-hetero) is 1. The molecule has 0 aromatic heterocycles. The van der Waals surface area contributed by atoms with Crippen LogP contribution in [0, 0.1) is 0 Å². The number of hydrogen-bond acceptors (Lipinski definition) is 4. The lowest BCUT2D eigenvalue weighted by Gasteiger charge is -2.05. The average Bonchev–Trinajstić information content (AvgIpc) is 2.60. The molecule has 136 valence electrons. The summed E-state index contributed by atoms with van der Waals surface area (Å²) in [5.74, 6) is -0.0659. The van der Waals surface area contributed by atoms with Crippen molar-refractivity contribution in [3.8, 4) is 5.75 Å². The van der Waals surface area contributed by atoms with Gasteiger partial charge in [-0.1, -0.05) is 31.9 Å². The minimum absolute atomic E-state index is 0.0281. The van der Waals surface area contributed by atoms with Gasteiger partial charge in [-0.25, -0.2) is 0 Å². The molecule has 0 radical (unpaired) electrons. The summed E-state index contributed by atoms with van der Waals surface area (Å²) >= 11 is 6.65. The first-order valence-electron chi connectivity index (χ1n) is 7.99. The fourth-order valence-corrected chi connectivity index (χ4v) is 2.80. The molecule has 0 saturated carbocycles. The van der Waals surface area contributed by atoms with Crippen molar-refractivity contribution in [2.75, 3.05) is 11.9 Å². The van der Waals surface area contributed by atoms with E-state index in [1.54, 1.807) is 30.3 Å². The van der Waals surface area contributed by atoms with Crippen molar-refractivity contribution < 1.29 is 14.7 Å². The van der Waals surface area contributed by atoms with E-state index in [4.69, 9.17) is 0 Å². The van der Waals surface area contributed by atoms with Crippen molar-refractivity contribution >= 4 is 55.5 Å². The standard InChI is InChI=1S/C19H18Br2N2O3/c20-14-4-7-16(8-5-14)23-19(26)3-1-2-17(24)12-22-11-13-10-15(21)6-9-18(13)25/h4-11,25H,1-3,12H2,(H,23,26). The number of amides is 1. The maximum atomic E-state index is 11.9. The van der Waals surface area contributed by atoms with Gasteiger partial charge in [-0.15, -0.1) is 0 Å². The highest BCUT2D eigenvalue weighted by Crippen LogP contribution is 2.20. The van der Waals surface area contributed by atoms with Gasteiger partial charge in [0.15, 0.2) is 5.78 Å². The lowest BCUT2D eigenvalue weighted by Crippen LogP contribution is -2.12. The number of phenolic OH excluding ortho intramolecular Hbond substituents is 1. The van der Waals surface area contributed by atoms with Crippen LogP contribution < -0.4 is 5.32 Å². The molecule has 0 atom stereocenters. The minimum Gasteiger partial charge on any atom is -0.507 e. The summed E-state index contributed by atoms with van der Waals surface area (Å²) in [6.07, 6.45) is 2.50. The van der Waals surface area contributed by atoms with Crippen molar-refractivity contribution in [3.63, 3.8) is 0 Å². The zero-order valence-electron chi connectivity index (χ0n) is 13.9. The highest BCUT2D eigenvalue weighted by Gasteiger charge is 2.06. The van der Waals surface area contributed by atoms with Crippen molar-refractivity contribution in [1.29, 1.82) is 0 Å². The van der Waals surface area contributed by atoms with Crippen LogP contribution in [0.1, 0.15) is 24.8 Å². The molecule has 0 aliphatic heterocycles. The van der Waals surface area contributed by atoms with Crippen LogP contribution in [-0.4, -0.2) is 29.6 Å². The predicted octanol–water partition coefficient (Wildman–Crippen LogP) is 4.71. The third kappa shape index (κ3) is 7.09. The second kappa shape index (κ2) is 10.2. The summed E-state index contributed by atoms with van der Waals surface area (Å²) in [5, 5.41) is 12.5. The van der Waals surface area contributed by atoms with Crippen molar-refractivity contribution in [2.24, 2.45) is 4.99 Å². The Morgan fingerprint density at radius 3 is 2.46 bits per heavy atom. The number of hydrogen-bond donors (Lipinski definition) is 2. The first-order chi connectivity index (χ1) is 12.4. The number of carbonyl (C=O) groups is 2. The number of aromatic hydroxyl groups is 1. The van der Waals surface area contributed by atoms with Gasteiger partial charge in [0.2, 0.25) is 5.91 Å². The van der Waals surface area contributed by atoms with Gasteiger partial charge in [0.25, 0.3) is 0 Å². The Balaban J connectivity index is 1.70. The molecule has 0 spiro atoms. The molecule has 0 fully saturated rings. The van der Waals surface area contributed by atoms with Crippen LogP contribution in [0.4, 0.5) is 5.69 Å². The predicted molar refractivity (Wildman–Crippen MR) is 110 cm³/mol. The normalized spacial score (nSPS) is 10.8. The van der Waals surface area contributed by atoms with E-state index in [9.17, 15) is 14.7 Å². The summed E-state index contributed by atoms with van der Waals surface area (Å²) in [6, 6.07) is 12.3. The van der Waals surface area contributed by atoms with Gasteiger partial charge >= 0.3 is 0 Å². The molecular weight excluding hydrogens is 464 g/mol. The Morgan fingerprint density at radius 2 is 1.73 bits per heavy atom. The third-order valence-corrected chi connectivity index (χ3v) is 4.50. The molecule has 2 aromatic rings. The number of nitrogens with one attached hydrogen (secondary N) is 1. The van der Waals surface area contributed by atoms with Gasteiger partial charge in [-0.05, 0) is 48.9 Å². The van der Waals surface area contributed by atoms with Crippen LogP contribution >= 0.6 is 31.9 Å². The van der Waals surface area contributed by atoms with Gasteiger partial charge in [0.1, 0.15) is 5.75 Å². The third-order valence-electron chi connectivity index (χ3n) is 3.48. The smallest absolute Gasteiger partial charge is 0.224 e. The molecule has 7 heteroatoms. The molecule has 5 nitrogen and oxygen atoms in total. The van der Waals surface area contributed by atoms with E-state index in [0.29, 0.717) is 12.0 Å². The molecule has 0 aliphatic rings. The average molecular weight is 482 g/mol. The molecule has 2 N–H and O–H groups in total. The fourth-order valence-electron chi connectivity index (χ4n) is 2.16. The highest BCUT2D eigenvalue weighted by atomic mass is 79.9. The molecule has 2 aromatic carbocycles. The van der Waals surface area contributed by atoms with Crippen LogP contribution in [-0.2, 0) is 9.59 Å². The SMILES string of the molecule is O=C(CCCC(=O)Nc1ccc(Br)cc1)CN=Cc1cc(Br)ccc1O. The number of ketones is 1. The van der Waals surface area contributed by atoms with Crippen molar-refractivity contribution in [2.45, 2.75) is 19.3 Å². The van der Waals surface area contributed by atoms with E-state index in [1.165, 1.54) is 6.21 Å². The van der Waals surface area contributed by atoms with Crippen molar-refractivity contribution in [1.82, 2.24) is 0 Å². The van der Waals surface area contributed by atoms with Crippen LogP contribution in [0.5, 0.6) is 5.75 Å². The topological polar surface area (TPSA) is 78.8 Å². The number of nitrogens with zero attached hydrogens (tertiary/aromatic N) is 1. The van der Waals surface area contributed by atoms with Gasteiger partial charge in [0, 0.05) is 39.3 Å². The van der Waals surface area contributed by atoms with Crippen molar-refractivity contribution in [3.05, 3.63) is 57.0 Å². The van der Waals surface area contributed by atoms with E-state index in [-0.39, 0.29) is 36.8 Å². The number of benzene rings is 2. The fraction of sp³-hybridized carbons (Fsp3) is 0.211. The van der Waals surface area contributed by atoms with E-state index in [2.05, 4.69) is 42.2 Å². The van der Waals surface area contributed by atoms with E-state index < -0.39 is 0 Å². The summed E-state index contributed by atoms with van der Waals surface area (Å²) in [4.78, 5) is 27.7. The van der Waals surface area contributed by atoms with Gasteiger partial charge in [-0.2, -0.15) is 0 Å². The zero-order chi connectivity index (χ0) is 18.9. The number of rotatable bonds is 8. The number of aliphatic imine (C=N–C) groups is 1. The summed E-state index contributed by atoms with van der Waals surface area (Å²) in [6.45, 7) is 0.0281. The maximum absolute atomic E-state index is 11.9. The molecule has 0 unspecified atom stereocenters. The maximum Gasteiger partial charge on any atom is 0.224 e. The lowest BCUT2D eigenvalue weighted by molar-refractivity contribution is -0.118. The van der Waals surface area contributed by atoms with Gasteiger partial charge in [0.05, 0.1) is 6.54 Å². The van der Waals surface area contributed by atoms with Crippen LogP contribution in [0.2, 0.25) is 0 Å². The molecule has 0 bridgehead atoms. The molecule has 0 heterocycles. The first kappa shape index (κ1) is 20.3. The van der Waals surface area contributed by atoms with Gasteiger partial charge in [-0.3, -0.25) is 14.6 Å².